The number of aliphatic hydroxyl groups excluding tert-OH is 1. The molecule has 0 bridgehead atoms. The van der Waals surface area contributed by atoms with E-state index in [4.69, 9.17) is 18.8 Å². The van der Waals surface area contributed by atoms with E-state index in [2.05, 4.69) is 15.4 Å². The van der Waals surface area contributed by atoms with Gasteiger partial charge in [0.05, 0.1) is 63.7 Å². The first-order chi connectivity index (χ1) is 20.1. The lowest BCUT2D eigenvalue weighted by molar-refractivity contribution is 0.0512. The lowest BCUT2D eigenvalue weighted by Gasteiger charge is -2.04. The summed E-state index contributed by atoms with van der Waals surface area (Å²) in [6.07, 6.45) is 5.68. The minimum absolute atomic E-state index is 0.00452. The van der Waals surface area contributed by atoms with E-state index in [-0.39, 0.29) is 31.5 Å². The van der Waals surface area contributed by atoms with Crippen LogP contribution in [0, 0.1) is 0 Å². The van der Waals surface area contributed by atoms with Crippen LogP contribution < -0.4 is 0 Å². The van der Waals surface area contributed by atoms with Gasteiger partial charge in [-0.2, -0.15) is 13.5 Å². The highest BCUT2D eigenvalue weighted by molar-refractivity contribution is 7.85. The second-order valence-electron chi connectivity index (χ2n) is 8.93. The molecule has 13 nitrogen and oxygen atoms in total. The maximum atomic E-state index is 11.5. The lowest BCUT2D eigenvalue weighted by atomic mass is 10.1. The second-order valence-corrected chi connectivity index (χ2v) is 10.6. The fourth-order valence-corrected chi connectivity index (χ4v) is 3.83. The Morgan fingerprint density at radius 1 is 0.810 bits per heavy atom. The molecule has 224 valence electrons. The quantitative estimate of drug-likeness (QED) is 0.188. The Morgan fingerprint density at radius 2 is 1.36 bits per heavy atom. The van der Waals surface area contributed by atoms with Crippen molar-refractivity contribution in [3.63, 3.8) is 0 Å². The predicted molar refractivity (Wildman–Crippen MR) is 151 cm³/mol. The summed E-state index contributed by atoms with van der Waals surface area (Å²) in [4.78, 5) is 23.0. The van der Waals surface area contributed by atoms with E-state index in [1.165, 1.54) is 17.1 Å². The highest BCUT2D eigenvalue weighted by Gasteiger charge is 2.12. The van der Waals surface area contributed by atoms with Crippen LogP contribution in [0.3, 0.4) is 0 Å². The molecule has 0 aliphatic rings. The van der Waals surface area contributed by atoms with Crippen LogP contribution in [0.15, 0.2) is 67.1 Å². The minimum Gasteiger partial charge on any atom is -0.462 e. The van der Waals surface area contributed by atoms with Crippen LogP contribution in [0.4, 0.5) is 0 Å². The van der Waals surface area contributed by atoms with Crippen molar-refractivity contribution in [3.05, 3.63) is 101 Å². The van der Waals surface area contributed by atoms with Crippen molar-refractivity contribution >= 4 is 22.1 Å². The molecule has 1 N–H and O–H groups in total. The molecule has 42 heavy (non-hydrogen) atoms. The van der Waals surface area contributed by atoms with Gasteiger partial charge >= 0.3 is 11.9 Å². The molecule has 0 radical (unpaired) electrons. The molecule has 2 heterocycles. The van der Waals surface area contributed by atoms with Gasteiger partial charge in [-0.15, -0.1) is 5.10 Å². The third kappa shape index (κ3) is 10.5. The Balaban J connectivity index is 0.000000235. The molecule has 4 aromatic rings. The first kappa shape index (κ1) is 32.1. The number of esters is 2. The van der Waals surface area contributed by atoms with Crippen molar-refractivity contribution in [2.24, 2.45) is 0 Å². The summed E-state index contributed by atoms with van der Waals surface area (Å²) >= 11 is 0. The Hall–Kier alpha value is -4.40. The second kappa shape index (κ2) is 15.6. The number of hydrogen-bond donors (Lipinski definition) is 1. The molecule has 2 aromatic heterocycles. The monoisotopic (exact) mass is 599 g/mol. The number of carbonyl (C=O) groups excluding carboxylic acids is 2. The first-order valence-electron chi connectivity index (χ1n) is 13.0. The Kier molecular flexibility index (Phi) is 11.9. The van der Waals surface area contributed by atoms with Gasteiger partial charge in [0.2, 0.25) is 0 Å². The van der Waals surface area contributed by atoms with E-state index in [9.17, 15) is 18.0 Å². The smallest absolute Gasteiger partial charge is 0.360 e. The average Bonchev–Trinajstić information content (AvgIpc) is 3.63. The summed E-state index contributed by atoms with van der Waals surface area (Å²) in [7, 11) is -3.46. The van der Waals surface area contributed by atoms with Crippen molar-refractivity contribution in [3.8, 4) is 0 Å². The number of benzene rings is 2. The van der Waals surface area contributed by atoms with E-state index in [1.54, 1.807) is 36.9 Å². The van der Waals surface area contributed by atoms with Crippen LogP contribution in [0.5, 0.6) is 0 Å². The number of aromatic nitrogens is 5. The van der Waals surface area contributed by atoms with Crippen LogP contribution in [-0.4, -0.2) is 69.7 Å². The minimum atomic E-state index is -3.46. The Labute approximate surface area is 243 Å². The van der Waals surface area contributed by atoms with E-state index < -0.39 is 16.1 Å². The van der Waals surface area contributed by atoms with Crippen molar-refractivity contribution in [2.75, 3.05) is 19.5 Å². The molecule has 0 unspecified atom stereocenters. The maximum Gasteiger partial charge on any atom is 0.360 e. The standard InChI is InChI=1S/C14H17N3O5S.C14H16N2O3/c1-3-21-14(18)13-9-17(16-15-13)8-11-4-6-12(7-5-11)10-22-23(2,19)20;1-2-19-14(18)13-7-15-16(9-13)8-11-3-5-12(10-17)6-4-11/h4-7,9H,3,8,10H2,1-2H3;3-7,9,17H,2,8,10H2,1H3. The van der Waals surface area contributed by atoms with Gasteiger partial charge in [-0.3, -0.25) is 8.86 Å². The van der Waals surface area contributed by atoms with Crippen molar-refractivity contribution < 1.29 is 36.8 Å². The first-order valence-corrected chi connectivity index (χ1v) is 14.8. The van der Waals surface area contributed by atoms with E-state index in [0.717, 1.165) is 28.5 Å². The SMILES string of the molecule is CCOC(=O)c1cn(Cc2ccc(COS(C)(=O)=O)cc2)nn1.CCOC(=O)c1cnn(Cc2ccc(CO)cc2)c1. The fraction of sp³-hybridized carbons (Fsp3) is 0.321. The number of rotatable bonds is 12. The van der Waals surface area contributed by atoms with Gasteiger partial charge in [0.15, 0.2) is 5.69 Å². The molecule has 0 saturated heterocycles. The molecule has 0 aliphatic carbocycles. The zero-order chi connectivity index (χ0) is 30.5. The van der Waals surface area contributed by atoms with Gasteiger partial charge in [0.1, 0.15) is 0 Å². The maximum absolute atomic E-state index is 11.5. The normalized spacial score (nSPS) is 11.0. The fourth-order valence-electron chi connectivity index (χ4n) is 3.48. The number of hydrogen-bond acceptors (Lipinski definition) is 11. The molecule has 0 amide bonds. The van der Waals surface area contributed by atoms with Crippen molar-refractivity contribution in [1.82, 2.24) is 24.8 Å². The van der Waals surface area contributed by atoms with Gasteiger partial charge in [-0.1, -0.05) is 53.7 Å². The lowest BCUT2D eigenvalue weighted by Crippen LogP contribution is -2.05. The van der Waals surface area contributed by atoms with Crippen LogP contribution in [0.2, 0.25) is 0 Å². The zero-order valence-corrected chi connectivity index (χ0v) is 24.4. The summed E-state index contributed by atoms with van der Waals surface area (Å²) in [5.74, 6) is -0.864. The van der Waals surface area contributed by atoms with Crippen LogP contribution in [0.25, 0.3) is 0 Å². The van der Waals surface area contributed by atoms with Crippen molar-refractivity contribution in [1.29, 1.82) is 0 Å². The van der Waals surface area contributed by atoms with Gasteiger partial charge in [-0.25, -0.2) is 14.3 Å². The molecule has 0 saturated carbocycles. The Morgan fingerprint density at radius 3 is 1.93 bits per heavy atom. The Bertz CT molecular complexity index is 1550. The molecule has 0 spiro atoms. The van der Waals surface area contributed by atoms with Gasteiger partial charge in [0, 0.05) is 6.20 Å². The summed E-state index contributed by atoms with van der Waals surface area (Å²) in [6.45, 7) is 5.16. The molecule has 0 atom stereocenters. The number of nitrogens with zero attached hydrogens (tertiary/aromatic N) is 5. The molecule has 2 aromatic carbocycles. The van der Waals surface area contributed by atoms with Crippen LogP contribution in [-0.2, 0) is 50.1 Å². The summed E-state index contributed by atoms with van der Waals surface area (Å²) in [5.41, 5.74) is 4.20. The summed E-state index contributed by atoms with van der Waals surface area (Å²) in [5, 5.41) is 20.7. The number of ether oxygens (including phenoxy) is 2. The van der Waals surface area contributed by atoms with E-state index in [0.29, 0.717) is 25.3 Å². The number of carbonyl (C=O) groups is 2. The molecule has 14 heteroatoms. The highest BCUT2D eigenvalue weighted by Crippen LogP contribution is 2.10. The third-order valence-electron chi connectivity index (χ3n) is 5.52. The predicted octanol–water partition coefficient (Wildman–Crippen LogP) is 2.58. The molecule has 0 aliphatic heterocycles. The summed E-state index contributed by atoms with van der Waals surface area (Å²) in [6, 6.07) is 14.8. The van der Waals surface area contributed by atoms with E-state index >= 15 is 0 Å². The molecule has 0 fully saturated rings. The highest BCUT2D eigenvalue weighted by atomic mass is 32.2. The van der Waals surface area contributed by atoms with Gasteiger partial charge in [-0.05, 0) is 36.1 Å². The molecule has 4 rings (SSSR count). The van der Waals surface area contributed by atoms with Crippen LogP contribution in [0.1, 0.15) is 56.9 Å². The van der Waals surface area contributed by atoms with Crippen molar-refractivity contribution in [2.45, 2.75) is 40.2 Å². The third-order valence-corrected chi connectivity index (χ3v) is 6.07. The zero-order valence-electron chi connectivity index (χ0n) is 23.5. The largest absolute Gasteiger partial charge is 0.462 e. The molecular weight excluding hydrogens is 566 g/mol. The number of aliphatic hydroxyl groups is 1. The summed E-state index contributed by atoms with van der Waals surface area (Å²) < 4.78 is 39.5. The van der Waals surface area contributed by atoms with Crippen LogP contribution >= 0.6 is 0 Å². The average molecular weight is 600 g/mol. The van der Waals surface area contributed by atoms with E-state index in [1.807, 2.05) is 36.4 Å². The van der Waals surface area contributed by atoms with Gasteiger partial charge < -0.3 is 14.6 Å². The van der Waals surface area contributed by atoms with Gasteiger partial charge in [0.25, 0.3) is 10.1 Å². The topological polar surface area (TPSA) is 165 Å². The molecular formula is C28H33N5O8S.